The molecule has 172 valence electrons. The maximum absolute atomic E-state index is 13.0. The number of ether oxygens (including phenoxy) is 2. The highest BCUT2D eigenvalue weighted by Crippen LogP contribution is 2.34. The highest BCUT2D eigenvalue weighted by molar-refractivity contribution is 6.05. The first-order valence-corrected chi connectivity index (χ1v) is 11.3. The summed E-state index contributed by atoms with van der Waals surface area (Å²) < 4.78 is 19.8. The van der Waals surface area contributed by atoms with Crippen LogP contribution in [0.3, 0.4) is 0 Å². The van der Waals surface area contributed by atoms with Crippen LogP contribution in [-0.2, 0) is 34.0 Å². The minimum absolute atomic E-state index is 0.182. The molecule has 3 heterocycles. The van der Waals surface area contributed by atoms with Crippen LogP contribution in [0.15, 0.2) is 42.4 Å². The third-order valence-electron chi connectivity index (χ3n) is 6.39. The molecule has 2 aromatic carbocycles. The molecule has 1 atom stereocenters. The van der Waals surface area contributed by atoms with E-state index in [1.165, 1.54) is 10.5 Å². The minimum atomic E-state index is -0.696. The highest BCUT2D eigenvalue weighted by Gasteiger charge is 2.40. The van der Waals surface area contributed by atoms with Crippen LogP contribution >= 0.6 is 0 Å². The average molecular weight is 451 g/mol. The number of carbonyl (C=O) groups excluding carboxylic acids is 3. The van der Waals surface area contributed by atoms with Crippen molar-refractivity contribution in [1.29, 1.82) is 0 Å². The van der Waals surface area contributed by atoms with Gasteiger partial charge >= 0.3 is 0 Å². The second-order valence-corrected chi connectivity index (χ2v) is 8.59. The summed E-state index contributed by atoms with van der Waals surface area (Å²) in [6.45, 7) is 4.74. The molecule has 0 aliphatic carbocycles. The Kier molecular flexibility index (Phi) is 5.76. The number of benzene rings is 2. The van der Waals surface area contributed by atoms with E-state index >= 15 is 0 Å². The summed E-state index contributed by atoms with van der Waals surface area (Å²) in [5.41, 5.74) is 3.25. The van der Waals surface area contributed by atoms with Crippen LogP contribution in [0.2, 0.25) is 0 Å². The van der Waals surface area contributed by atoms with Gasteiger partial charge in [-0.2, -0.15) is 0 Å². The van der Waals surface area contributed by atoms with Crippen LogP contribution in [-0.4, -0.2) is 59.9 Å². The second kappa shape index (κ2) is 9.33. The van der Waals surface area contributed by atoms with Crippen LogP contribution in [0.25, 0.3) is 0 Å². The Hall–Kier alpha value is -3.23. The zero-order valence-corrected chi connectivity index (χ0v) is 18.3. The number of amides is 3. The van der Waals surface area contributed by atoms with Crippen molar-refractivity contribution in [3.63, 3.8) is 0 Å². The van der Waals surface area contributed by atoms with E-state index in [9.17, 15) is 14.4 Å². The van der Waals surface area contributed by atoms with Gasteiger partial charge in [0.05, 0.1) is 21.1 Å². The van der Waals surface area contributed by atoms with Crippen LogP contribution in [0.5, 0.6) is 5.75 Å². The minimum Gasteiger partial charge on any atom is -0.489 e. The van der Waals surface area contributed by atoms with Crippen molar-refractivity contribution in [3.05, 3.63) is 64.7 Å². The fourth-order valence-corrected chi connectivity index (χ4v) is 4.54. The van der Waals surface area contributed by atoms with Gasteiger partial charge in [-0.15, -0.1) is 0 Å². The summed E-state index contributed by atoms with van der Waals surface area (Å²) in [6, 6.07) is 10.9. The predicted octanol–water partition coefficient (Wildman–Crippen LogP) is 1.86. The zero-order valence-electron chi connectivity index (χ0n) is 19.3. The van der Waals surface area contributed by atoms with E-state index in [0.717, 1.165) is 38.4 Å². The van der Waals surface area contributed by atoms with Gasteiger partial charge in [0, 0.05) is 37.2 Å². The van der Waals surface area contributed by atoms with Gasteiger partial charge in [0.2, 0.25) is 11.8 Å². The number of nitrogens with one attached hydrogen (secondary N) is 1. The van der Waals surface area contributed by atoms with E-state index in [4.69, 9.17) is 10.8 Å². The van der Waals surface area contributed by atoms with Gasteiger partial charge in [-0.3, -0.25) is 24.6 Å². The van der Waals surface area contributed by atoms with Gasteiger partial charge in [0.25, 0.3) is 5.91 Å². The lowest BCUT2D eigenvalue weighted by atomic mass is 10.0. The maximum Gasteiger partial charge on any atom is 0.255 e. The number of imide groups is 1. The third kappa shape index (κ3) is 4.62. The molecular formula is C25H27N3O5. The van der Waals surface area contributed by atoms with Gasteiger partial charge < -0.3 is 14.4 Å². The summed E-state index contributed by atoms with van der Waals surface area (Å²) >= 11 is 0. The number of nitrogens with zero attached hydrogens (tertiary/aromatic N) is 2. The number of piperidine rings is 1. The molecule has 0 spiro atoms. The lowest BCUT2D eigenvalue weighted by Gasteiger charge is -2.29. The summed E-state index contributed by atoms with van der Waals surface area (Å²) in [4.78, 5) is 40.6. The number of fused-ring (bicyclic) bond motifs is 1. The predicted molar refractivity (Wildman–Crippen MR) is 119 cm³/mol. The van der Waals surface area contributed by atoms with E-state index in [2.05, 4.69) is 22.3 Å². The van der Waals surface area contributed by atoms with Crippen molar-refractivity contribution in [2.24, 2.45) is 0 Å². The largest absolute Gasteiger partial charge is 0.489 e. The molecule has 0 saturated carbocycles. The first-order valence-electron chi connectivity index (χ1n) is 11.8. The molecule has 0 bridgehead atoms. The van der Waals surface area contributed by atoms with E-state index in [-0.39, 0.29) is 37.4 Å². The number of rotatable bonds is 6. The summed E-state index contributed by atoms with van der Waals surface area (Å²) in [7, 11) is 0. The Morgan fingerprint density at radius 2 is 1.85 bits per heavy atom. The quantitative estimate of drug-likeness (QED) is 0.676. The smallest absolute Gasteiger partial charge is 0.255 e. The van der Waals surface area contributed by atoms with Crippen LogP contribution in [0.4, 0.5) is 0 Å². The van der Waals surface area contributed by atoms with Crippen molar-refractivity contribution in [1.82, 2.24) is 15.1 Å². The molecule has 1 N–H and O–H groups in total. The molecule has 3 aliphatic rings. The Balaban J connectivity index is 1.27. The molecule has 8 nitrogen and oxygen atoms in total. The van der Waals surface area contributed by atoms with Gasteiger partial charge in [0.1, 0.15) is 18.4 Å². The Bertz CT molecular complexity index is 1110. The lowest BCUT2D eigenvalue weighted by Crippen LogP contribution is -2.52. The molecule has 2 aromatic rings. The standard InChI is InChI=1S/C25H27N3O5/c29-23-9-8-21(24(30)26-23)28-15-20-19(25(28)31)2-1-3-22(20)33-16-18-6-4-17(5-7-18)14-27-10-12-32-13-11-27/h1-7,21H,8-16H2,(H,26,29,30)/i3D. The molecule has 0 radical (unpaired) electrons. The topological polar surface area (TPSA) is 88.2 Å². The summed E-state index contributed by atoms with van der Waals surface area (Å²) in [6.07, 6.45) is 0.496. The third-order valence-corrected chi connectivity index (χ3v) is 6.39. The van der Waals surface area contributed by atoms with Crippen molar-refractivity contribution in [2.75, 3.05) is 26.3 Å². The zero-order chi connectivity index (χ0) is 23.7. The highest BCUT2D eigenvalue weighted by atomic mass is 16.5. The van der Waals surface area contributed by atoms with E-state index in [0.29, 0.717) is 23.3 Å². The average Bonchev–Trinajstić information content (AvgIpc) is 3.16. The Morgan fingerprint density at radius 3 is 2.61 bits per heavy atom. The number of morpholine rings is 1. The van der Waals surface area contributed by atoms with Gasteiger partial charge in [-0.1, -0.05) is 30.3 Å². The molecule has 33 heavy (non-hydrogen) atoms. The number of hydrogen-bond acceptors (Lipinski definition) is 6. The summed E-state index contributed by atoms with van der Waals surface area (Å²) in [5.74, 6) is -0.693. The number of hydrogen-bond donors (Lipinski definition) is 1. The molecule has 3 aliphatic heterocycles. The first kappa shape index (κ1) is 20.4. The van der Waals surface area contributed by atoms with Crippen LogP contribution in [0, 0.1) is 0 Å². The molecule has 1 unspecified atom stereocenters. The number of carbonyl (C=O) groups is 3. The van der Waals surface area contributed by atoms with Gasteiger partial charge in [0.15, 0.2) is 0 Å². The van der Waals surface area contributed by atoms with E-state index < -0.39 is 11.9 Å². The van der Waals surface area contributed by atoms with Gasteiger partial charge in [-0.25, -0.2) is 0 Å². The van der Waals surface area contributed by atoms with Crippen LogP contribution in [0.1, 0.15) is 41.3 Å². The molecule has 3 amide bonds. The second-order valence-electron chi connectivity index (χ2n) is 8.59. The van der Waals surface area contributed by atoms with Crippen molar-refractivity contribution >= 4 is 17.7 Å². The molecule has 8 heteroatoms. The SMILES string of the molecule is [2H]c1ccc2c(c1OCc1ccc(CN3CCOCC3)cc1)CN(C1CCC(=O)NC1=O)C2=O. The van der Waals surface area contributed by atoms with E-state index in [1.807, 2.05) is 12.1 Å². The Morgan fingerprint density at radius 1 is 1.09 bits per heavy atom. The molecule has 2 fully saturated rings. The van der Waals surface area contributed by atoms with Crippen molar-refractivity contribution < 1.29 is 25.2 Å². The maximum atomic E-state index is 13.0. The molecule has 5 rings (SSSR count). The fourth-order valence-electron chi connectivity index (χ4n) is 4.54. The molecule has 0 aromatic heterocycles. The fraction of sp³-hybridized carbons (Fsp3) is 0.400. The van der Waals surface area contributed by atoms with E-state index in [1.54, 1.807) is 12.1 Å². The normalized spacial score (nSPS) is 21.6. The monoisotopic (exact) mass is 450 g/mol. The molecule has 2 saturated heterocycles. The van der Waals surface area contributed by atoms with Crippen molar-refractivity contribution in [3.8, 4) is 5.75 Å². The van der Waals surface area contributed by atoms with Crippen LogP contribution < -0.4 is 10.1 Å². The molecular weight excluding hydrogens is 422 g/mol. The summed E-state index contributed by atoms with van der Waals surface area (Å²) in [5, 5.41) is 2.31. The Labute approximate surface area is 193 Å². The van der Waals surface area contributed by atoms with Gasteiger partial charge in [-0.05, 0) is 29.7 Å². The lowest BCUT2D eigenvalue weighted by molar-refractivity contribution is -0.136. The first-order chi connectivity index (χ1) is 16.5. The van der Waals surface area contributed by atoms with Crippen molar-refractivity contribution in [2.45, 2.75) is 38.6 Å².